The second kappa shape index (κ2) is 11.1. The second-order valence-corrected chi connectivity index (χ2v) is 13.0. The zero-order valence-corrected chi connectivity index (χ0v) is 28.0. The molecule has 0 radical (unpaired) electrons. The number of rotatable bonds is 4. The van der Waals surface area contributed by atoms with Gasteiger partial charge in [0.1, 0.15) is 11.6 Å². The maximum absolute atomic E-state index is 6.41. The quantitative estimate of drug-likeness (QED) is 0.168. The summed E-state index contributed by atoms with van der Waals surface area (Å²) >= 11 is 0. The van der Waals surface area contributed by atoms with Gasteiger partial charge in [0.05, 0.1) is 5.69 Å². The summed E-state index contributed by atoms with van der Waals surface area (Å²) in [5.41, 5.74) is 5.03. The van der Waals surface area contributed by atoms with Gasteiger partial charge in [-0.2, -0.15) is 12.1 Å². The molecule has 4 heterocycles. The van der Waals surface area contributed by atoms with E-state index in [0.29, 0.717) is 11.5 Å². The molecule has 44 heavy (non-hydrogen) atoms. The first-order valence-corrected chi connectivity index (χ1v) is 14.6. The number of ether oxygens (including phenoxy) is 1. The molecular weight excluding hydrogens is 726 g/mol. The molecule has 0 unspecified atom stereocenters. The average molecular weight is 760 g/mol. The van der Waals surface area contributed by atoms with E-state index in [9.17, 15) is 0 Å². The van der Waals surface area contributed by atoms with E-state index in [1.165, 1.54) is 5.56 Å². The molecule has 3 aromatic heterocycles. The van der Waals surface area contributed by atoms with Crippen LogP contribution in [0.2, 0.25) is 0 Å². The molecule has 226 valence electrons. The van der Waals surface area contributed by atoms with Gasteiger partial charge in [-0.05, 0) is 67.5 Å². The molecule has 0 spiro atoms. The number of hydrogen-bond acceptors (Lipinski definition) is 5. The molecule has 0 aliphatic carbocycles. The molecule has 0 atom stereocenters. The van der Waals surface area contributed by atoms with E-state index in [1.54, 1.807) is 0 Å². The molecule has 6 aromatic rings. The van der Waals surface area contributed by atoms with Crippen LogP contribution in [0.25, 0.3) is 27.6 Å². The van der Waals surface area contributed by atoms with Crippen LogP contribution in [0.4, 0.5) is 17.2 Å². The molecule has 0 N–H and O–H groups in total. The van der Waals surface area contributed by atoms with Crippen LogP contribution in [0.5, 0.6) is 11.5 Å². The first-order chi connectivity index (χ1) is 20.6. The van der Waals surface area contributed by atoms with Crippen LogP contribution in [0.1, 0.15) is 47.1 Å². The van der Waals surface area contributed by atoms with Gasteiger partial charge in [-0.15, -0.1) is 42.4 Å². The maximum atomic E-state index is 6.41. The Morgan fingerprint density at radius 3 is 2.34 bits per heavy atom. The molecule has 7 rings (SSSR count). The van der Waals surface area contributed by atoms with E-state index in [0.717, 1.165) is 44.8 Å². The molecule has 0 saturated heterocycles. The molecule has 1 aliphatic heterocycles. The Hall–Kier alpha value is -4.15. The number of hydrogen-bond donors (Lipinski definition) is 0. The minimum absolute atomic E-state index is 0. The minimum atomic E-state index is -0.106. The van der Waals surface area contributed by atoms with Gasteiger partial charge >= 0.3 is 0 Å². The van der Waals surface area contributed by atoms with Crippen molar-refractivity contribution in [1.82, 2.24) is 14.5 Å². The molecule has 6 nitrogen and oxygen atoms in total. The number of pyridine rings is 2. The zero-order chi connectivity index (χ0) is 29.9. The van der Waals surface area contributed by atoms with Gasteiger partial charge in [0.25, 0.3) is 0 Å². The summed E-state index contributed by atoms with van der Waals surface area (Å²) in [7, 11) is 0. The topological polar surface area (TPSA) is 46.4 Å². The van der Waals surface area contributed by atoms with E-state index in [-0.39, 0.29) is 32.0 Å². The van der Waals surface area contributed by atoms with Crippen LogP contribution in [0.15, 0.2) is 91.3 Å². The van der Waals surface area contributed by atoms with Crippen LogP contribution < -0.4 is 14.5 Å². The van der Waals surface area contributed by atoms with Crippen molar-refractivity contribution < 1.29 is 25.8 Å². The number of aromatic nitrogens is 3. The fraction of sp³-hybridized carbons (Fsp3) is 0.216. The van der Waals surface area contributed by atoms with E-state index in [4.69, 9.17) is 9.72 Å². The van der Waals surface area contributed by atoms with Crippen molar-refractivity contribution in [2.75, 3.05) is 9.80 Å². The second-order valence-electron chi connectivity index (χ2n) is 13.0. The van der Waals surface area contributed by atoms with Gasteiger partial charge in [0, 0.05) is 56.0 Å². The van der Waals surface area contributed by atoms with E-state index in [1.807, 2.05) is 42.7 Å². The van der Waals surface area contributed by atoms with Gasteiger partial charge in [0.2, 0.25) is 0 Å². The first-order valence-electron chi connectivity index (χ1n) is 14.6. The minimum Gasteiger partial charge on any atom is -0.509 e. The smallest absolute Gasteiger partial charge is 0.135 e. The summed E-state index contributed by atoms with van der Waals surface area (Å²) in [6.07, 6.45) is 3.71. The number of anilines is 3. The Bertz CT molecular complexity index is 1980. The number of para-hydroxylation sites is 1. The summed E-state index contributed by atoms with van der Waals surface area (Å²) in [6, 6.07) is 33.7. The van der Waals surface area contributed by atoms with Gasteiger partial charge in [-0.25, -0.2) is 9.97 Å². The van der Waals surface area contributed by atoms with Crippen molar-refractivity contribution in [2.24, 2.45) is 0 Å². The Morgan fingerprint density at radius 2 is 1.55 bits per heavy atom. The van der Waals surface area contributed by atoms with Crippen molar-refractivity contribution >= 4 is 39.0 Å². The summed E-state index contributed by atoms with van der Waals surface area (Å²) in [5, 5.41) is 2.25. The van der Waals surface area contributed by atoms with E-state index >= 15 is 0 Å². The summed E-state index contributed by atoms with van der Waals surface area (Å²) < 4.78 is 8.59. The number of fused-ring (bicyclic) bond motifs is 4. The van der Waals surface area contributed by atoms with Crippen LogP contribution in [-0.4, -0.2) is 20.1 Å². The van der Waals surface area contributed by atoms with Gasteiger partial charge < -0.3 is 19.1 Å². The van der Waals surface area contributed by atoms with Crippen molar-refractivity contribution in [3.8, 4) is 17.3 Å². The SMILES string of the molecule is CC(C)(C)c1ccnc(-n2c3[c-]c(Oc4[c-]c(N5[CH-]N(C(C)(C)C)c6cccnc65)ccc4)ccc3c3ccccc32)c1.[Pt]. The number of nitrogens with zero attached hydrogens (tertiary/aromatic N) is 5. The number of benzene rings is 3. The van der Waals surface area contributed by atoms with Crippen molar-refractivity contribution in [1.29, 1.82) is 0 Å². The third kappa shape index (κ3) is 5.26. The average Bonchev–Trinajstić information content (AvgIpc) is 3.53. The molecule has 0 amide bonds. The van der Waals surface area contributed by atoms with Crippen molar-refractivity contribution in [2.45, 2.75) is 52.5 Å². The monoisotopic (exact) mass is 759 g/mol. The van der Waals surface area contributed by atoms with Gasteiger partial charge in [0.15, 0.2) is 0 Å². The maximum Gasteiger partial charge on any atom is 0.135 e. The van der Waals surface area contributed by atoms with Crippen LogP contribution >= 0.6 is 0 Å². The van der Waals surface area contributed by atoms with Crippen LogP contribution in [0, 0.1) is 18.8 Å². The Morgan fingerprint density at radius 1 is 0.750 bits per heavy atom. The van der Waals surface area contributed by atoms with E-state index in [2.05, 4.69) is 128 Å². The molecule has 7 heteroatoms. The molecule has 3 aromatic carbocycles. The molecular formula is C37H34N5OPt-3. The third-order valence-electron chi connectivity index (χ3n) is 7.84. The van der Waals surface area contributed by atoms with Crippen LogP contribution in [0.3, 0.4) is 0 Å². The molecule has 0 fully saturated rings. The normalized spacial score (nSPS) is 13.3. The molecule has 1 aliphatic rings. The van der Waals surface area contributed by atoms with Gasteiger partial charge in [-0.3, -0.25) is 0 Å². The van der Waals surface area contributed by atoms with Crippen molar-refractivity contribution in [3.05, 3.63) is 116 Å². The van der Waals surface area contributed by atoms with Gasteiger partial charge in [-0.1, -0.05) is 50.2 Å². The zero-order valence-electron chi connectivity index (χ0n) is 25.7. The van der Waals surface area contributed by atoms with E-state index < -0.39 is 0 Å². The summed E-state index contributed by atoms with van der Waals surface area (Å²) in [4.78, 5) is 13.8. The Labute approximate surface area is 273 Å². The molecule has 0 bridgehead atoms. The largest absolute Gasteiger partial charge is 0.509 e. The Balaban J connectivity index is 0.00000343. The van der Waals surface area contributed by atoms with Crippen molar-refractivity contribution in [3.63, 3.8) is 0 Å². The fourth-order valence-electron chi connectivity index (χ4n) is 5.64. The fourth-order valence-corrected chi connectivity index (χ4v) is 5.64. The predicted molar refractivity (Wildman–Crippen MR) is 174 cm³/mol. The predicted octanol–water partition coefficient (Wildman–Crippen LogP) is 9.14. The Kier molecular flexibility index (Phi) is 7.53. The summed E-state index contributed by atoms with van der Waals surface area (Å²) in [5.74, 6) is 2.94. The first kappa shape index (κ1) is 29.9. The van der Waals surface area contributed by atoms with Crippen LogP contribution in [-0.2, 0) is 26.5 Å². The molecule has 0 saturated carbocycles. The summed E-state index contributed by atoms with van der Waals surface area (Å²) in [6.45, 7) is 15.3. The standard InChI is InChI=1S/C37H34N5O.Pt/c1-36(2,3)25-18-20-38-34(21-25)42-31-14-8-7-13-29(31)30-17-16-28(23-33(30)42)43-27-12-9-11-26(22-27)40-24-41(37(4,5)6)32-15-10-19-39-35(32)40;/h7-21,24H,1-6H3;/q-3;. The third-order valence-corrected chi connectivity index (χ3v) is 7.84.